The maximum absolute atomic E-state index is 5.71. The number of fused-ring (bicyclic) bond motifs is 2. The van der Waals surface area contributed by atoms with Crippen LogP contribution in [0.5, 0.6) is 0 Å². The third-order valence-corrected chi connectivity index (χ3v) is 3.02. The Hall–Kier alpha value is 0.180. The molecule has 0 saturated carbocycles. The second-order valence-corrected chi connectivity index (χ2v) is 3.53. The molecule has 58 valence electrons. The zero-order valence-electron chi connectivity index (χ0n) is 4.92. The largest absolute Gasteiger partial charge is 0.451 e. The number of hydrogen-bond donors (Lipinski definition) is 0. The molecule has 2 bridgehead atoms. The molecule has 2 rings (SSSR count). The quantitative estimate of drug-likeness (QED) is 0.607. The summed E-state index contributed by atoms with van der Waals surface area (Å²) >= 11 is 22.8. The van der Waals surface area contributed by atoms with Gasteiger partial charge in [0.1, 0.15) is 20.1 Å². The minimum absolute atomic E-state index is 0.330. The monoisotopic (exact) mass is 228 g/mol. The summed E-state index contributed by atoms with van der Waals surface area (Å²) in [7, 11) is 0. The first kappa shape index (κ1) is 7.81. The molecule has 0 spiro atoms. The molecule has 0 unspecified atom stereocenters. The van der Waals surface area contributed by atoms with E-state index in [-0.39, 0.29) is 0 Å². The molecule has 11 heavy (non-hydrogen) atoms. The second kappa shape index (κ2) is 2.33. The van der Waals surface area contributed by atoms with E-state index >= 15 is 0 Å². The third kappa shape index (κ3) is 0.858. The van der Waals surface area contributed by atoms with E-state index < -0.39 is 0 Å². The van der Waals surface area contributed by atoms with E-state index in [1.165, 1.54) is 0 Å². The van der Waals surface area contributed by atoms with Crippen LogP contribution in [0.25, 0.3) is 11.2 Å². The van der Waals surface area contributed by atoms with Crippen LogP contribution in [0.2, 0.25) is 20.1 Å². The van der Waals surface area contributed by atoms with Gasteiger partial charge in [-0.3, -0.25) is 0 Å². The van der Waals surface area contributed by atoms with Gasteiger partial charge in [-0.2, -0.15) is 0 Å². The highest BCUT2D eigenvalue weighted by Crippen LogP contribution is 2.47. The number of halogens is 4. The van der Waals surface area contributed by atoms with E-state index in [0.29, 0.717) is 31.3 Å². The first-order valence-electron chi connectivity index (χ1n) is 2.66. The highest BCUT2D eigenvalue weighted by Gasteiger charge is 2.22. The molecule has 0 amide bonds. The van der Waals surface area contributed by atoms with E-state index in [1.807, 2.05) is 0 Å². The number of rotatable bonds is 0. The Morgan fingerprint density at radius 1 is 0.636 bits per heavy atom. The van der Waals surface area contributed by atoms with E-state index in [1.54, 1.807) is 0 Å². The molecule has 0 saturated heterocycles. The molecule has 0 aromatic carbocycles. The van der Waals surface area contributed by atoms with Crippen molar-refractivity contribution in [1.29, 1.82) is 0 Å². The fourth-order valence-corrected chi connectivity index (χ4v) is 1.84. The van der Waals surface area contributed by atoms with Crippen LogP contribution in [0.1, 0.15) is 0 Å². The Morgan fingerprint density at radius 3 is 1.09 bits per heavy atom. The van der Waals surface area contributed by atoms with E-state index in [0.717, 1.165) is 0 Å². The van der Waals surface area contributed by atoms with Gasteiger partial charge in [0, 0.05) is 0 Å². The lowest BCUT2D eigenvalue weighted by molar-refractivity contribution is 0.675. The van der Waals surface area contributed by atoms with E-state index in [2.05, 4.69) is 0 Å². The fourth-order valence-electron chi connectivity index (χ4n) is 0.873. The van der Waals surface area contributed by atoms with Crippen molar-refractivity contribution in [3.63, 3.8) is 0 Å². The summed E-state index contributed by atoms with van der Waals surface area (Å²) in [6.45, 7) is 0. The van der Waals surface area contributed by atoms with E-state index in [4.69, 9.17) is 50.8 Å². The lowest BCUT2D eigenvalue weighted by Gasteiger charge is -1.90. The van der Waals surface area contributed by atoms with Crippen molar-refractivity contribution in [2.75, 3.05) is 0 Å². The topological polar surface area (TPSA) is 13.1 Å². The predicted octanol–water partition coefficient (Wildman–Crippen LogP) is 4.48. The highest BCUT2D eigenvalue weighted by atomic mass is 35.5. The highest BCUT2D eigenvalue weighted by molar-refractivity contribution is 6.54. The van der Waals surface area contributed by atoms with Gasteiger partial charge in [0.15, 0.2) is 11.2 Å². The number of hydrogen-bond acceptors (Lipinski definition) is 1. The lowest BCUT2D eigenvalue weighted by Crippen LogP contribution is -1.67. The Kier molecular flexibility index (Phi) is 1.66. The molecule has 0 atom stereocenters. The van der Waals surface area contributed by atoms with Gasteiger partial charge in [0.25, 0.3) is 0 Å². The summed E-state index contributed by atoms with van der Waals surface area (Å²) in [6, 6.07) is 0. The summed E-state index contributed by atoms with van der Waals surface area (Å²) in [5.74, 6) is 0. The van der Waals surface area contributed by atoms with Crippen LogP contribution in [-0.4, -0.2) is 0 Å². The van der Waals surface area contributed by atoms with Crippen LogP contribution in [-0.2, 0) is 0 Å². The van der Waals surface area contributed by atoms with Gasteiger partial charge in [0.05, 0.1) is 0 Å². The van der Waals surface area contributed by atoms with Crippen LogP contribution in [0.15, 0.2) is 4.42 Å². The van der Waals surface area contributed by atoms with Crippen LogP contribution >= 0.6 is 46.4 Å². The average molecular weight is 230 g/mol. The molecular weight excluding hydrogens is 230 g/mol. The first-order valence-corrected chi connectivity index (χ1v) is 4.18. The van der Waals surface area contributed by atoms with Crippen molar-refractivity contribution >= 4 is 57.6 Å². The summed E-state index contributed by atoms with van der Waals surface area (Å²) in [6.07, 6.45) is 0. The first-order chi connectivity index (χ1) is 5.13. The maximum atomic E-state index is 5.71. The molecular formula is C6Cl4O. The smallest absolute Gasteiger partial charge is 0.168 e. The molecule has 2 aromatic rings. The lowest BCUT2D eigenvalue weighted by atomic mass is 10.4. The standard InChI is InChI=1S/C6Cl4O/c7-1-2(8)6-4(10)3(9)5(1)11-6. The Labute approximate surface area is 82.1 Å². The van der Waals surface area contributed by atoms with Crippen molar-refractivity contribution < 1.29 is 4.42 Å². The van der Waals surface area contributed by atoms with Gasteiger partial charge >= 0.3 is 0 Å². The van der Waals surface area contributed by atoms with Crippen LogP contribution in [0, 0.1) is 0 Å². The normalized spacial score (nSPS) is 11.6. The summed E-state index contributed by atoms with van der Waals surface area (Å²) in [5, 5.41) is 1.32. The second-order valence-electron chi connectivity index (χ2n) is 2.02. The van der Waals surface area contributed by atoms with Crippen LogP contribution in [0.3, 0.4) is 0 Å². The van der Waals surface area contributed by atoms with Crippen molar-refractivity contribution in [2.24, 2.45) is 0 Å². The molecule has 0 radical (unpaired) electrons. The predicted molar refractivity (Wildman–Crippen MR) is 47.4 cm³/mol. The van der Waals surface area contributed by atoms with Crippen LogP contribution in [0.4, 0.5) is 0 Å². The number of furan rings is 2. The molecule has 2 heterocycles. The molecule has 1 nitrogen and oxygen atoms in total. The summed E-state index contributed by atoms with van der Waals surface area (Å²) in [4.78, 5) is 0. The van der Waals surface area contributed by atoms with Gasteiger partial charge in [-0.15, -0.1) is 0 Å². The van der Waals surface area contributed by atoms with Gasteiger partial charge < -0.3 is 4.42 Å². The molecule has 2 aromatic heterocycles. The molecule has 5 heteroatoms. The minimum atomic E-state index is 0.330. The van der Waals surface area contributed by atoms with Crippen molar-refractivity contribution in [1.82, 2.24) is 0 Å². The van der Waals surface area contributed by atoms with Crippen molar-refractivity contribution in [3.8, 4) is 0 Å². The third-order valence-electron chi connectivity index (χ3n) is 1.39. The Bertz CT molecular complexity index is 336. The van der Waals surface area contributed by atoms with Crippen molar-refractivity contribution in [2.45, 2.75) is 0 Å². The maximum Gasteiger partial charge on any atom is 0.168 e. The minimum Gasteiger partial charge on any atom is -0.451 e. The number of benzene rings is 1. The zero-order valence-corrected chi connectivity index (χ0v) is 7.94. The molecule has 0 aliphatic rings. The summed E-state index contributed by atoms with van der Waals surface area (Å²) < 4.78 is 5.08. The van der Waals surface area contributed by atoms with Gasteiger partial charge in [0.2, 0.25) is 0 Å². The Morgan fingerprint density at radius 2 is 0.909 bits per heavy atom. The average Bonchev–Trinajstić information content (AvgIpc) is 2.40. The van der Waals surface area contributed by atoms with Crippen molar-refractivity contribution in [3.05, 3.63) is 20.1 Å². The van der Waals surface area contributed by atoms with Gasteiger partial charge in [-0.25, -0.2) is 0 Å². The van der Waals surface area contributed by atoms with Crippen LogP contribution < -0.4 is 0 Å². The van der Waals surface area contributed by atoms with Gasteiger partial charge in [-0.05, 0) is 0 Å². The molecule has 0 aliphatic carbocycles. The molecule has 0 aliphatic heterocycles. The SMILES string of the molecule is Clc1c(Cl)c2oc1c(Cl)c2Cl. The fraction of sp³-hybridized carbons (Fsp3) is 0. The molecule has 0 fully saturated rings. The zero-order chi connectivity index (χ0) is 8.17. The van der Waals surface area contributed by atoms with E-state index in [9.17, 15) is 0 Å². The molecule has 0 N–H and O–H groups in total. The Balaban J connectivity index is 2.98. The van der Waals surface area contributed by atoms with Gasteiger partial charge in [-0.1, -0.05) is 46.4 Å². The summed E-state index contributed by atoms with van der Waals surface area (Å²) in [5.41, 5.74) is 0.719.